The van der Waals surface area contributed by atoms with Crippen molar-refractivity contribution in [3.05, 3.63) is 138 Å². The van der Waals surface area contributed by atoms with Crippen molar-refractivity contribution in [3.63, 3.8) is 0 Å². The quantitative estimate of drug-likeness (QED) is 0.219. The Morgan fingerprint density at radius 2 is 1.42 bits per heavy atom. The van der Waals surface area contributed by atoms with Gasteiger partial charge in [0.2, 0.25) is 5.79 Å². The van der Waals surface area contributed by atoms with Gasteiger partial charge in [-0.1, -0.05) is 103 Å². The van der Waals surface area contributed by atoms with Gasteiger partial charge in [0.25, 0.3) is 10.0 Å². The molecule has 1 unspecified atom stereocenters. The molecule has 1 saturated heterocycles. The van der Waals surface area contributed by atoms with Crippen LogP contribution in [0.2, 0.25) is 0 Å². The molecule has 8 heteroatoms. The van der Waals surface area contributed by atoms with E-state index in [9.17, 15) is 13.5 Å². The molecule has 6 rings (SSSR count). The molecule has 1 aromatic heterocycles. The first-order valence-electron chi connectivity index (χ1n) is 14.4. The van der Waals surface area contributed by atoms with E-state index in [4.69, 9.17) is 14.2 Å². The predicted octanol–water partition coefficient (Wildman–Crippen LogP) is 6.17. The molecule has 1 fully saturated rings. The minimum atomic E-state index is -3.99. The van der Waals surface area contributed by atoms with Crippen LogP contribution in [0, 0.1) is 12.8 Å². The van der Waals surface area contributed by atoms with E-state index in [2.05, 4.69) is 0 Å². The van der Waals surface area contributed by atoms with E-state index >= 15 is 0 Å². The Bertz CT molecular complexity index is 1790. The van der Waals surface area contributed by atoms with Crippen molar-refractivity contribution in [2.24, 2.45) is 5.92 Å². The Balaban J connectivity index is 1.44. The minimum absolute atomic E-state index is 0.116. The fourth-order valence-corrected chi connectivity index (χ4v) is 7.00. The maximum atomic E-state index is 13.9. The molecule has 2 heterocycles. The van der Waals surface area contributed by atoms with Crippen molar-refractivity contribution in [1.29, 1.82) is 0 Å². The first-order chi connectivity index (χ1) is 20.8. The fourth-order valence-electron chi connectivity index (χ4n) is 5.63. The molecular weight excluding hydrogens is 562 g/mol. The predicted molar refractivity (Wildman–Crippen MR) is 165 cm³/mol. The number of hydrogen-bond acceptors (Lipinski definition) is 6. The van der Waals surface area contributed by atoms with Crippen molar-refractivity contribution < 1.29 is 27.7 Å². The summed E-state index contributed by atoms with van der Waals surface area (Å²) in [4.78, 5) is 0.150. The molecule has 0 radical (unpaired) electrons. The second-order valence-electron chi connectivity index (χ2n) is 11.1. The zero-order valence-corrected chi connectivity index (χ0v) is 25.0. The summed E-state index contributed by atoms with van der Waals surface area (Å²) in [5, 5.41) is 13.1. The number of benzene rings is 4. The second-order valence-corrected chi connectivity index (χ2v) is 13.0. The number of nitrogens with zero attached hydrogens (tertiary/aromatic N) is 1. The highest BCUT2D eigenvalue weighted by molar-refractivity contribution is 7.90. The molecule has 1 aliphatic rings. The highest BCUT2D eigenvalue weighted by Gasteiger charge is 2.53. The van der Waals surface area contributed by atoms with Crippen LogP contribution in [0.5, 0.6) is 0 Å². The summed E-state index contributed by atoms with van der Waals surface area (Å²) in [5.41, 5.74) is 3.60. The summed E-state index contributed by atoms with van der Waals surface area (Å²) in [5.74, 6) is -2.12. The first kappa shape index (κ1) is 29.3. The molecule has 43 heavy (non-hydrogen) atoms. The molecule has 1 N–H and O–H groups in total. The minimum Gasteiger partial charge on any atom is -0.370 e. The van der Waals surface area contributed by atoms with Crippen LogP contribution in [0.15, 0.2) is 120 Å². The molecule has 0 spiro atoms. The Hall–Kier alpha value is -3.79. The zero-order valence-electron chi connectivity index (χ0n) is 24.2. The van der Waals surface area contributed by atoms with Crippen molar-refractivity contribution >= 4 is 20.9 Å². The van der Waals surface area contributed by atoms with Gasteiger partial charge in [0, 0.05) is 23.1 Å². The lowest BCUT2D eigenvalue weighted by molar-refractivity contribution is -0.339. The molecule has 0 saturated carbocycles. The third-order valence-corrected chi connectivity index (χ3v) is 9.70. The Kier molecular flexibility index (Phi) is 8.22. The normalized spacial score (nSPS) is 22.5. The number of hydrogen-bond donors (Lipinski definition) is 1. The number of aliphatic hydroxyl groups is 1. The number of para-hydroxylation sites is 1. The summed E-state index contributed by atoms with van der Waals surface area (Å²) in [7, 11) is -3.99. The molecule has 5 aromatic rings. The maximum Gasteiger partial charge on any atom is 0.268 e. The van der Waals surface area contributed by atoms with Gasteiger partial charge in [-0.3, -0.25) is 0 Å². The second kappa shape index (κ2) is 12.1. The standard InChI is InChI=1S/C35H35NO6S/c1-25-17-19-29(20-18-25)43(38,39)36-21-31(30-15-9-10-16-32(30)36)35(37)34(41-24-28-13-7-4-8-14-28)33(26(2)22-42-35)40-23-27-11-5-3-6-12-27/h3-21,26,33-34,37H,22-24H2,1-2H3/t26-,33+,34-,35?/m1/s1. The smallest absolute Gasteiger partial charge is 0.268 e. The van der Waals surface area contributed by atoms with E-state index in [1.165, 1.54) is 10.2 Å². The van der Waals surface area contributed by atoms with Gasteiger partial charge in [-0.05, 0) is 36.2 Å². The monoisotopic (exact) mass is 597 g/mol. The Morgan fingerprint density at radius 3 is 2.07 bits per heavy atom. The van der Waals surface area contributed by atoms with E-state index in [1.807, 2.05) is 80.6 Å². The van der Waals surface area contributed by atoms with Gasteiger partial charge in [0.1, 0.15) is 6.10 Å². The largest absolute Gasteiger partial charge is 0.370 e. The van der Waals surface area contributed by atoms with Crippen LogP contribution in [0.1, 0.15) is 29.2 Å². The van der Waals surface area contributed by atoms with E-state index in [1.54, 1.807) is 42.5 Å². The van der Waals surface area contributed by atoms with Gasteiger partial charge < -0.3 is 19.3 Å². The van der Waals surface area contributed by atoms with E-state index in [0.717, 1.165) is 16.7 Å². The van der Waals surface area contributed by atoms with Crippen LogP contribution in [-0.4, -0.2) is 36.3 Å². The fraction of sp³-hybridized carbons (Fsp3) is 0.257. The van der Waals surface area contributed by atoms with Gasteiger partial charge >= 0.3 is 0 Å². The van der Waals surface area contributed by atoms with Gasteiger partial charge in [-0.2, -0.15) is 0 Å². The summed E-state index contributed by atoms with van der Waals surface area (Å²) < 4.78 is 48.3. The molecule has 4 atom stereocenters. The number of aromatic nitrogens is 1. The van der Waals surface area contributed by atoms with Gasteiger partial charge in [-0.15, -0.1) is 0 Å². The van der Waals surface area contributed by atoms with E-state index in [-0.39, 0.29) is 24.0 Å². The highest BCUT2D eigenvalue weighted by Crippen LogP contribution is 2.43. The number of rotatable bonds is 9. The molecule has 1 aliphatic heterocycles. The number of fused-ring (bicyclic) bond motifs is 1. The average Bonchev–Trinajstić information content (AvgIpc) is 3.44. The Morgan fingerprint density at radius 1 is 0.837 bits per heavy atom. The van der Waals surface area contributed by atoms with Crippen LogP contribution in [-0.2, 0) is 43.2 Å². The van der Waals surface area contributed by atoms with Crippen LogP contribution < -0.4 is 0 Å². The van der Waals surface area contributed by atoms with Crippen LogP contribution in [0.3, 0.4) is 0 Å². The van der Waals surface area contributed by atoms with Crippen molar-refractivity contribution in [2.75, 3.05) is 6.61 Å². The van der Waals surface area contributed by atoms with Gasteiger partial charge in [-0.25, -0.2) is 12.4 Å². The Labute approximate surface area is 252 Å². The lowest BCUT2D eigenvalue weighted by Gasteiger charge is -2.46. The summed E-state index contributed by atoms with van der Waals surface area (Å²) in [6, 6.07) is 33.3. The molecule has 4 aromatic carbocycles. The number of aryl methyl sites for hydroxylation is 1. The van der Waals surface area contributed by atoms with Crippen LogP contribution in [0.4, 0.5) is 0 Å². The number of ether oxygens (including phenoxy) is 3. The van der Waals surface area contributed by atoms with Crippen molar-refractivity contribution in [1.82, 2.24) is 3.97 Å². The molecule has 7 nitrogen and oxygen atoms in total. The molecule has 0 amide bonds. The first-order valence-corrected chi connectivity index (χ1v) is 15.8. The van der Waals surface area contributed by atoms with E-state index in [0.29, 0.717) is 23.1 Å². The van der Waals surface area contributed by atoms with Crippen molar-refractivity contribution in [2.45, 2.75) is 50.0 Å². The van der Waals surface area contributed by atoms with Crippen LogP contribution >= 0.6 is 0 Å². The summed E-state index contributed by atoms with van der Waals surface area (Å²) >= 11 is 0. The lowest BCUT2D eigenvalue weighted by atomic mass is 9.86. The highest BCUT2D eigenvalue weighted by atomic mass is 32.2. The van der Waals surface area contributed by atoms with E-state index < -0.39 is 28.0 Å². The van der Waals surface area contributed by atoms with Crippen LogP contribution in [0.25, 0.3) is 10.9 Å². The lowest BCUT2D eigenvalue weighted by Crippen LogP contribution is -2.58. The molecule has 0 aliphatic carbocycles. The average molecular weight is 598 g/mol. The summed E-state index contributed by atoms with van der Waals surface area (Å²) in [6.45, 7) is 4.61. The van der Waals surface area contributed by atoms with Crippen molar-refractivity contribution in [3.8, 4) is 0 Å². The van der Waals surface area contributed by atoms with Gasteiger partial charge in [0.05, 0.1) is 36.3 Å². The third kappa shape index (κ3) is 5.77. The molecular formula is C35H35NO6S. The molecule has 222 valence electrons. The topological polar surface area (TPSA) is 87.0 Å². The zero-order chi connectivity index (χ0) is 30.0. The van der Waals surface area contributed by atoms with Gasteiger partial charge in [0.15, 0.2) is 0 Å². The third-order valence-electron chi connectivity index (χ3n) is 8.01. The SMILES string of the molecule is Cc1ccc(S(=O)(=O)n2cc(C3(O)OC[C@@H](C)[C@H](OCc4ccccc4)[C@H]3OCc3ccccc3)c3ccccc32)cc1. The summed E-state index contributed by atoms with van der Waals surface area (Å²) in [6.07, 6.45) is -0.0665. The molecule has 0 bridgehead atoms. The maximum absolute atomic E-state index is 13.9.